The summed E-state index contributed by atoms with van der Waals surface area (Å²) in [6.45, 7) is 3.65. The van der Waals surface area contributed by atoms with Crippen molar-refractivity contribution < 1.29 is 27.5 Å². The predicted molar refractivity (Wildman–Crippen MR) is 122 cm³/mol. The third-order valence-electron chi connectivity index (χ3n) is 5.15. The van der Waals surface area contributed by atoms with E-state index in [1.54, 1.807) is 24.3 Å². The van der Waals surface area contributed by atoms with Gasteiger partial charge in [0.2, 0.25) is 0 Å². The first kappa shape index (κ1) is 23.8. The summed E-state index contributed by atoms with van der Waals surface area (Å²) in [5.74, 6) is -0.383. The van der Waals surface area contributed by atoms with Gasteiger partial charge in [-0.25, -0.2) is 13.2 Å². The fourth-order valence-electron chi connectivity index (χ4n) is 3.42. The molecule has 0 N–H and O–H groups in total. The zero-order valence-corrected chi connectivity index (χ0v) is 19.2. The summed E-state index contributed by atoms with van der Waals surface area (Å²) in [4.78, 5) is 24.6. The molecule has 1 aliphatic carbocycles. The second-order valence-electron chi connectivity index (χ2n) is 7.27. The lowest BCUT2D eigenvalue weighted by Crippen LogP contribution is -2.32. The van der Waals surface area contributed by atoms with Crippen LogP contribution in [-0.4, -0.2) is 39.9 Å². The zero-order valence-electron chi connectivity index (χ0n) is 17.6. The van der Waals surface area contributed by atoms with Crippen LogP contribution in [0.4, 0.5) is 5.69 Å². The number of rotatable bonds is 8. The van der Waals surface area contributed by atoms with E-state index in [1.807, 2.05) is 0 Å². The minimum absolute atomic E-state index is 0.00758. The van der Waals surface area contributed by atoms with Crippen LogP contribution < -0.4 is 9.04 Å². The molecule has 0 amide bonds. The third-order valence-corrected chi connectivity index (χ3v) is 7.27. The summed E-state index contributed by atoms with van der Waals surface area (Å²) < 4.78 is 38.4. The minimum Gasteiger partial charge on any atom is -0.497 e. The van der Waals surface area contributed by atoms with Gasteiger partial charge in [-0.15, -0.1) is 6.58 Å². The first-order valence-corrected chi connectivity index (χ1v) is 11.9. The molecule has 2 aromatic rings. The van der Waals surface area contributed by atoms with Gasteiger partial charge in [0.05, 0.1) is 34.8 Å². The highest BCUT2D eigenvalue weighted by atomic mass is 35.5. The molecule has 2 aromatic carbocycles. The van der Waals surface area contributed by atoms with E-state index in [0.717, 1.165) is 17.1 Å². The van der Waals surface area contributed by atoms with Gasteiger partial charge in [-0.3, -0.25) is 9.10 Å². The maximum Gasteiger partial charge on any atom is 0.340 e. The van der Waals surface area contributed by atoms with E-state index in [1.165, 1.54) is 31.4 Å². The van der Waals surface area contributed by atoms with Crippen LogP contribution in [0.1, 0.15) is 36.0 Å². The minimum atomic E-state index is -4.06. The number of hydrogen-bond acceptors (Lipinski definition) is 6. The molecule has 1 fully saturated rings. The fraction of sp³-hybridized carbons (Fsp3) is 0.304. The number of ether oxygens (including phenoxy) is 2. The number of Topliss-reactive ketones (excluding diaryl/α,β-unsaturated/α-hetero) is 1. The van der Waals surface area contributed by atoms with Crippen molar-refractivity contribution in [3.8, 4) is 5.75 Å². The Morgan fingerprint density at radius 3 is 2.56 bits per heavy atom. The molecular formula is C23H24ClNO6S. The Hall–Kier alpha value is -2.84. The maximum absolute atomic E-state index is 13.4. The Kier molecular flexibility index (Phi) is 7.58. The number of carbonyl (C=O) groups excluding carboxylic acids is 2. The third kappa shape index (κ3) is 5.14. The Bertz CT molecular complexity index is 1110. The van der Waals surface area contributed by atoms with Gasteiger partial charge >= 0.3 is 5.97 Å². The molecular weight excluding hydrogens is 454 g/mol. The molecule has 0 radical (unpaired) electrons. The van der Waals surface area contributed by atoms with Crippen LogP contribution in [0.3, 0.4) is 0 Å². The van der Waals surface area contributed by atoms with Crippen LogP contribution in [0, 0.1) is 0 Å². The summed E-state index contributed by atoms with van der Waals surface area (Å²) in [5.41, 5.74) is 0.289. The number of nitrogens with zero attached hydrogens (tertiary/aromatic N) is 1. The molecule has 1 saturated carbocycles. The molecule has 0 bridgehead atoms. The topological polar surface area (TPSA) is 90.0 Å². The molecule has 170 valence electrons. The highest BCUT2D eigenvalue weighted by molar-refractivity contribution is 7.92. The van der Waals surface area contributed by atoms with Crippen molar-refractivity contribution in [2.75, 3.05) is 18.0 Å². The fourth-order valence-corrected chi connectivity index (χ4v) is 5.08. The Labute approximate surface area is 192 Å². The standard InChI is InChI=1S/C23H24ClNO6S/c1-3-14-25(16-8-10-17(30-2)11-9-16)32(28,29)18-12-13-20(24)19(15-18)23(27)31-22-7-5-4-6-21(22)26/h3,8-13,15,22H,1,4-7,14H2,2H3/t22-/m1/s1. The number of benzene rings is 2. The quantitative estimate of drug-likeness (QED) is 0.413. The van der Waals surface area contributed by atoms with E-state index in [-0.39, 0.29) is 27.8 Å². The van der Waals surface area contributed by atoms with Crippen molar-refractivity contribution in [2.24, 2.45) is 0 Å². The summed E-state index contributed by atoms with van der Waals surface area (Å²) in [5, 5.41) is 0.0388. The Balaban J connectivity index is 1.93. The number of carbonyl (C=O) groups is 2. The van der Waals surface area contributed by atoms with Crippen molar-refractivity contribution >= 4 is 39.1 Å². The van der Waals surface area contributed by atoms with Gasteiger partial charge in [-0.05, 0) is 61.7 Å². The summed E-state index contributed by atoms with van der Waals surface area (Å²) in [6, 6.07) is 10.3. The number of ketones is 1. The van der Waals surface area contributed by atoms with E-state index < -0.39 is 22.1 Å². The SMILES string of the molecule is C=CCN(c1ccc(OC)cc1)S(=O)(=O)c1ccc(Cl)c(C(=O)O[C@@H]2CCCCC2=O)c1. The van der Waals surface area contributed by atoms with Gasteiger partial charge < -0.3 is 9.47 Å². The lowest BCUT2D eigenvalue weighted by atomic mass is 9.96. The molecule has 0 spiro atoms. The second-order valence-corrected chi connectivity index (χ2v) is 9.54. The zero-order chi connectivity index (χ0) is 23.3. The molecule has 1 atom stereocenters. The Morgan fingerprint density at radius 1 is 1.22 bits per heavy atom. The van der Waals surface area contributed by atoms with Crippen LogP contribution in [0.5, 0.6) is 5.75 Å². The molecule has 9 heteroatoms. The number of sulfonamides is 1. The van der Waals surface area contributed by atoms with Gasteiger partial charge in [0, 0.05) is 6.42 Å². The van der Waals surface area contributed by atoms with Crippen LogP contribution in [0.25, 0.3) is 0 Å². The largest absolute Gasteiger partial charge is 0.497 e. The van der Waals surface area contributed by atoms with Crippen LogP contribution in [0.2, 0.25) is 5.02 Å². The first-order valence-electron chi connectivity index (χ1n) is 10.1. The molecule has 32 heavy (non-hydrogen) atoms. The van der Waals surface area contributed by atoms with Gasteiger partial charge in [-0.2, -0.15) is 0 Å². The number of anilines is 1. The smallest absolute Gasteiger partial charge is 0.340 e. The van der Waals surface area contributed by atoms with Gasteiger partial charge in [0.1, 0.15) is 5.75 Å². The molecule has 0 heterocycles. The Morgan fingerprint density at radius 2 is 1.94 bits per heavy atom. The average molecular weight is 478 g/mol. The van der Waals surface area contributed by atoms with E-state index in [4.69, 9.17) is 21.1 Å². The van der Waals surface area contributed by atoms with Gasteiger partial charge in [0.15, 0.2) is 11.9 Å². The second kappa shape index (κ2) is 10.2. The van der Waals surface area contributed by atoms with Crippen molar-refractivity contribution in [2.45, 2.75) is 36.7 Å². The van der Waals surface area contributed by atoms with Crippen molar-refractivity contribution in [3.05, 3.63) is 65.7 Å². The van der Waals surface area contributed by atoms with E-state index in [9.17, 15) is 18.0 Å². The summed E-state index contributed by atoms with van der Waals surface area (Å²) in [7, 11) is -2.55. The summed E-state index contributed by atoms with van der Waals surface area (Å²) in [6.07, 6.45) is 2.99. The monoisotopic (exact) mass is 477 g/mol. The highest BCUT2D eigenvalue weighted by Crippen LogP contribution is 2.29. The van der Waals surface area contributed by atoms with Crippen LogP contribution in [0.15, 0.2) is 60.0 Å². The number of esters is 1. The number of hydrogen-bond donors (Lipinski definition) is 0. The normalized spacial score (nSPS) is 16.3. The highest BCUT2D eigenvalue weighted by Gasteiger charge is 2.29. The van der Waals surface area contributed by atoms with Gasteiger partial charge in [0.25, 0.3) is 10.0 Å². The van der Waals surface area contributed by atoms with Crippen LogP contribution >= 0.6 is 11.6 Å². The number of halogens is 1. The van der Waals surface area contributed by atoms with E-state index >= 15 is 0 Å². The van der Waals surface area contributed by atoms with E-state index in [2.05, 4.69) is 6.58 Å². The van der Waals surface area contributed by atoms with Crippen molar-refractivity contribution in [3.63, 3.8) is 0 Å². The molecule has 3 rings (SSSR count). The molecule has 7 nitrogen and oxygen atoms in total. The lowest BCUT2D eigenvalue weighted by molar-refractivity contribution is -0.129. The molecule has 0 saturated heterocycles. The molecule has 1 aliphatic rings. The van der Waals surface area contributed by atoms with Gasteiger partial charge in [-0.1, -0.05) is 17.7 Å². The molecule has 0 unspecified atom stereocenters. The maximum atomic E-state index is 13.4. The van der Waals surface area contributed by atoms with Crippen molar-refractivity contribution in [1.82, 2.24) is 0 Å². The predicted octanol–water partition coefficient (Wildman–Crippen LogP) is 4.40. The van der Waals surface area contributed by atoms with Crippen molar-refractivity contribution in [1.29, 1.82) is 0 Å². The van der Waals surface area contributed by atoms with E-state index in [0.29, 0.717) is 24.3 Å². The average Bonchev–Trinajstić information content (AvgIpc) is 2.79. The lowest BCUT2D eigenvalue weighted by Gasteiger charge is -2.24. The molecule has 0 aliphatic heterocycles. The number of methoxy groups -OCH3 is 1. The first-order chi connectivity index (χ1) is 15.3. The molecule has 0 aromatic heterocycles. The van der Waals surface area contributed by atoms with Crippen LogP contribution in [-0.2, 0) is 19.6 Å². The summed E-state index contributed by atoms with van der Waals surface area (Å²) >= 11 is 6.16.